The highest BCUT2D eigenvalue weighted by Crippen LogP contribution is 2.40. The summed E-state index contributed by atoms with van der Waals surface area (Å²) in [5, 5.41) is 20.5. The topological polar surface area (TPSA) is 116 Å². The number of nitrogens with zero attached hydrogens (tertiary/aromatic N) is 1. The van der Waals surface area contributed by atoms with E-state index in [-0.39, 0.29) is 24.3 Å². The van der Waals surface area contributed by atoms with Crippen molar-refractivity contribution in [2.24, 2.45) is 5.92 Å². The Kier molecular flexibility index (Phi) is 5.14. The van der Waals surface area contributed by atoms with Crippen molar-refractivity contribution >= 4 is 29.7 Å². The number of benzene rings is 1. The molecule has 3 unspecified atom stereocenters. The second-order valence-electron chi connectivity index (χ2n) is 5.89. The van der Waals surface area contributed by atoms with Crippen molar-refractivity contribution in [1.29, 1.82) is 0 Å². The normalized spacial score (nSPS) is 27.9. The van der Waals surface area contributed by atoms with Crippen molar-refractivity contribution < 1.29 is 29.3 Å². The van der Waals surface area contributed by atoms with E-state index < -0.39 is 30.3 Å². The summed E-state index contributed by atoms with van der Waals surface area (Å²) in [7, 11) is 0. The van der Waals surface area contributed by atoms with Crippen LogP contribution in [0.1, 0.15) is 5.56 Å². The van der Waals surface area contributed by atoms with Crippen LogP contribution in [-0.2, 0) is 20.7 Å². The summed E-state index contributed by atoms with van der Waals surface area (Å²) in [5.74, 6) is -0.719. The molecule has 4 atom stereocenters. The first-order chi connectivity index (χ1) is 12.0. The van der Waals surface area contributed by atoms with Crippen molar-refractivity contribution in [3.05, 3.63) is 35.9 Å². The highest BCUT2D eigenvalue weighted by Gasteiger charge is 2.57. The average molecular weight is 366 g/mol. The number of aliphatic hydroxyl groups excluding tert-OH is 1. The lowest BCUT2D eigenvalue weighted by molar-refractivity contribution is -0.172. The van der Waals surface area contributed by atoms with E-state index in [9.17, 15) is 19.5 Å². The van der Waals surface area contributed by atoms with Crippen LogP contribution in [-0.4, -0.2) is 63.1 Å². The summed E-state index contributed by atoms with van der Waals surface area (Å²) in [4.78, 5) is 36.7. The van der Waals surface area contributed by atoms with Crippen molar-refractivity contribution in [2.75, 3.05) is 12.4 Å². The Labute approximate surface area is 148 Å². The average Bonchev–Trinajstić information content (AvgIpc) is 2.59. The molecule has 134 valence electrons. The molecule has 2 fully saturated rings. The van der Waals surface area contributed by atoms with Gasteiger partial charge in [-0.1, -0.05) is 30.3 Å². The summed E-state index contributed by atoms with van der Waals surface area (Å²) >= 11 is 1.39. The van der Waals surface area contributed by atoms with E-state index in [2.05, 4.69) is 5.32 Å². The Morgan fingerprint density at radius 3 is 2.68 bits per heavy atom. The number of thioether (sulfide) groups is 1. The number of carboxylic acid groups (broad SMARTS) is 1. The van der Waals surface area contributed by atoms with Gasteiger partial charge in [-0.05, 0) is 5.56 Å². The van der Waals surface area contributed by atoms with E-state index in [1.165, 1.54) is 16.7 Å². The van der Waals surface area contributed by atoms with E-state index in [1.54, 1.807) is 0 Å². The number of amides is 2. The molecule has 0 saturated carbocycles. The standard InChI is InChI=1S/C16H18N2O6S/c19-7-10-8-25-15-12(13(21)18(15)14(10)24-16(22)23)17-11(20)6-9-4-2-1-3-5-9/h1-5,10,12,14-15,19H,6-8H2,(H,17,20)(H,22,23)/t10?,12?,14?,15-/m0/s1. The molecule has 2 saturated heterocycles. The van der Waals surface area contributed by atoms with Gasteiger partial charge in [0.05, 0.1) is 13.0 Å². The van der Waals surface area contributed by atoms with Gasteiger partial charge in [0.25, 0.3) is 5.91 Å². The Bertz CT molecular complexity index is 670. The number of hydrogen-bond acceptors (Lipinski definition) is 6. The SMILES string of the molecule is O=C(Cc1ccccc1)NC1C(=O)N2C(OC(=O)O)C(CO)CS[C@@H]12. The number of carbonyl (C=O) groups is 3. The first kappa shape index (κ1) is 17.6. The van der Waals surface area contributed by atoms with E-state index in [0.29, 0.717) is 5.75 Å². The maximum Gasteiger partial charge on any atom is 0.507 e. The minimum atomic E-state index is -1.50. The summed E-state index contributed by atoms with van der Waals surface area (Å²) in [6.45, 7) is -0.285. The number of hydrogen-bond donors (Lipinski definition) is 3. The Morgan fingerprint density at radius 2 is 2.04 bits per heavy atom. The second-order valence-corrected chi connectivity index (χ2v) is 7.04. The van der Waals surface area contributed by atoms with E-state index >= 15 is 0 Å². The van der Waals surface area contributed by atoms with Gasteiger partial charge < -0.3 is 20.3 Å². The molecule has 2 aliphatic heterocycles. The summed E-state index contributed by atoms with van der Waals surface area (Å²) in [6, 6.07) is 8.46. The molecule has 3 N–H and O–H groups in total. The molecule has 0 aliphatic carbocycles. The molecule has 9 heteroatoms. The van der Waals surface area contributed by atoms with Gasteiger partial charge in [-0.15, -0.1) is 11.8 Å². The van der Waals surface area contributed by atoms with Gasteiger partial charge in [-0.25, -0.2) is 4.79 Å². The monoisotopic (exact) mass is 366 g/mol. The lowest BCUT2D eigenvalue weighted by Gasteiger charge is -2.54. The van der Waals surface area contributed by atoms with Crippen LogP contribution >= 0.6 is 11.8 Å². The molecule has 0 radical (unpaired) electrons. The predicted molar refractivity (Wildman–Crippen MR) is 88.6 cm³/mol. The number of nitrogens with one attached hydrogen (secondary N) is 1. The molecule has 2 heterocycles. The largest absolute Gasteiger partial charge is 0.507 e. The highest BCUT2D eigenvalue weighted by molar-refractivity contribution is 8.00. The van der Waals surface area contributed by atoms with Crippen molar-refractivity contribution in [1.82, 2.24) is 10.2 Å². The number of β-lactam (4-membered cyclic amide) rings is 1. The zero-order valence-corrected chi connectivity index (χ0v) is 14.0. The molecule has 0 aromatic heterocycles. The minimum absolute atomic E-state index is 0.163. The molecule has 2 amide bonds. The van der Waals surface area contributed by atoms with Gasteiger partial charge in [0.2, 0.25) is 5.91 Å². The van der Waals surface area contributed by atoms with E-state index in [0.717, 1.165) is 5.56 Å². The molecular formula is C16H18N2O6S. The van der Waals surface area contributed by atoms with Crippen LogP contribution < -0.4 is 5.32 Å². The number of carbonyl (C=O) groups excluding carboxylic acids is 2. The summed E-state index contributed by atoms with van der Waals surface area (Å²) in [5.41, 5.74) is 0.840. The molecule has 1 aromatic carbocycles. The molecular weight excluding hydrogens is 348 g/mol. The van der Waals surface area contributed by atoms with E-state index in [1.807, 2.05) is 30.3 Å². The van der Waals surface area contributed by atoms with Gasteiger partial charge in [0, 0.05) is 11.7 Å². The summed E-state index contributed by atoms with van der Waals surface area (Å²) in [6.07, 6.45) is -2.36. The lowest BCUT2D eigenvalue weighted by Crippen LogP contribution is -2.75. The van der Waals surface area contributed by atoms with Gasteiger partial charge in [-0.3, -0.25) is 14.5 Å². The number of rotatable bonds is 5. The highest BCUT2D eigenvalue weighted by atomic mass is 32.2. The zero-order valence-electron chi connectivity index (χ0n) is 13.2. The molecule has 2 aliphatic rings. The van der Waals surface area contributed by atoms with Gasteiger partial charge in [0.15, 0.2) is 6.23 Å². The van der Waals surface area contributed by atoms with Gasteiger partial charge in [-0.2, -0.15) is 0 Å². The third kappa shape index (κ3) is 3.57. The van der Waals surface area contributed by atoms with Crippen LogP contribution in [0.25, 0.3) is 0 Å². The van der Waals surface area contributed by atoms with Crippen LogP contribution in [0.2, 0.25) is 0 Å². The zero-order chi connectivity index (χ0) is 18.0. The van der Waals surface area contributed by atoms with Crippen molar-refractivity contribution in [2.45, 2.75) is 24.1 Å². The quantitative estimate of drug-likeness (QED) is 0.505. The predicted octanol–water partition coefficient (Wildman–Crippen LogP) is 0.258. The fourth-order valence-electron chi connectivity index (χ4n) is 3.00. The van der Waals surface area contributed by atoms with Crippen LogP contribution in [0.5, 0.6) is 0 Å². The molecule has 8 nitrogen and oxygen atoms in total. The Balaban J connectivity index is 1.63. The Hall–Kier alpha value is -2.26. The fourth-order valence-corrected chi connectivity index (χ4v) is 4.48. The third-order valence-electron chi connectivity index (χ3n) is 4.22. The molecule has 25 heavy (non-hydrogen) atoms. The van der Waals surface area contributed by atoms with Gasteiger partial charge >= 0.3 is 6.16 Å². The van der Waals surface area contributed by atoms with Crippen molar-refractivity contribution in [3.63, 3.8) is 0 Å². The first-order valence-electron chi connectivity index (χ1n) is 7.78. The smallest absolute Gasteiger partial charge is 0.450 e. The minimum Gasteiger partial charge on any atom is -0.450 e. The fraction of sp³-hybridized carbons (Fsp3) is 0.438. The maximum absolute atomic E-state index is 12.4. The molecule has 3 rings (SSSR count). The third-order valence-corrected chi connectivity index (χ3v) is 5.68. The van der Waals surface area contributed by atoms with Crippen LogP contribution in [0.3, 0.4) is 0 Å². The van der Waals surface area contributed by atoms with Crippen LogP contribution in [0, 0.1) is 5.92 Å². The van der Waals surface area contributed by atoms with E-state index in [4.69, 9.17) is 9.84 Å². The lowest BCUT2D eigenvalue weighted by atomic mass is 10.0. The number of fused-ring (bicyclic) bond motifs is 1. The molecule has 0 bridgehead atoms. The molecule has 1 aromatic rings. The first-order valence-corrected chi connectivity index (χ1v) is 8.83. The Morgan fingerprint density at radius 1 is 1.32 bits per heavy atom. The second kappa shape index (κ2) is 7.32. The van der Waals surface area contributed by atoms with Crippen LogP contribution in [0.15, 0.2) is 30.3 Å². The van der Waals surface area contributed by atoms with Crippen molar-refractivity contribution in [3.8, 4) is 0 Å². The number of ether oxygens (including phenoxy) is 1. The summed E-state index contributed by atoms with van der Waals surface area (Å²) < 4.78 is 4.78. The number of aliphatic hydroxyl groups is 1. The van der Waals surface area contributed by atoms with Gasteiger partial charge in [0.1, 0.15) is 11.4 Å². The molecule has 0 spiro atoms. The van der Waals surface area contributed by atoms with Crippen LogP contribution in [0.4, 0.5) is 4.79 Å². The maximum atomic E-state index is 12.4.